The van der Waals surface area contributed by atoms with Crippen LogP contribution in [0.3, 0.4) is 0 Å². The van der Waals surface area contributed by atoms with Gasteiger partial charge in [-0.1, -0.05) is 27.7 Å². The van der Waals surface area contributed by atoms with Crippen molar-refractivity contribution in [3.05, 3.63) is 0 Å². The minimum atomic E-state index is 0.481. The smallest absolute Gasteiger partial charge is 0.0284 e. The largest absolute Gasteiger partial charge is 0.315 e. The highest BCUT2D eigenvalue weighted by Gasteiger charge is 2.23. The second-order valence-electron chi connectivity index (χ2n) is 3.46. The predicted molar refractivity (Wildman–Crippen MR) is 51.5 cm³/mol. The van der Waals surface area contributed by atoms with Gasteiger partial charge in [-0.3, -0.25) is 0 Å². The third-order valence-corrected chi connectivity index (χ3v) is 4.80. The van der Waals surface area contributed by atoms with Crippen LogP contribution in [-0.4, -0.2) is 21.9 Å². The molecule has 0 rings (SSSR count). The molecule has 0 aromatic rings. The molecule has 0 aliphatic carbocycles. The molecule has 1 N–H and O–H groups in total. The number of hydrogen-bond donors (Lipinski definition) is 1. The Morgan fingerprint density at radius 2 is 1.90 bits per heavy atom. The Morgan fingerprint density at radius 1 is 1.40 bits per heavy atom. The molecular weight excluding hydrogens is 138 g/mol. The fourth-order valence-electron chi connectivity index (χ4n) is 1.14. The summed E-state index contributed by atoms with van der Waals surface area (Å²) >= 11 is 0. The van der Waals surface area contributed by atoms with Gasteiger partial charge in [0.25, 0.3) is 0 Å². The van der Waals surface area contributed by atoms with Gasteiger partial charge in [-0.25, -0.2) is 0 Å². The third-order valence-electron chi connectivity index (χ3n) is 2.59. The standard InChI is InChI=1S/C8H21NSi/c1-5-8(10,7(3)4)9-6-2/h7,9H,5-6H2,1-4,10H3. The van der Waals surface area contributed by atoms with Crippen LogP contribution in [0.1, 0.15) is 34.1 Å². The summed E-state index contributed by atoms with van der Waals surface area (Å²) in [6.45, 7) is 10.2. The topological polar surface area (TPSA) is 12.0 Å². The summed E-state index contributed by atoms with van der Waals surface area (Å²) in [6, 6.07) is 0. The van der Waals surface area contributed by atoms with Gasteiger partial charge >= 0.3 is 0 Å². The summed E-state index contributed by atoms with van der Waals surface area (Å²) in [4.78, 5) is 0. The molecule has 1 nitrogen and oxygen atoms in total. The Morgan fingerprint density at radius 3 is 2.00 bits per heavy atom. The second-order valence-corrected chi connectivity index (χ2v) is 5.24. The first-order chi connectivity index (χ1) is 4.56. The number of nitrogens with one attached hydrogen (secondary N) is 1. The van der Waals surface area contributed by atoms with E-state index in [1.165, 1.54) is 16.7 Å². The zero-order valence-corrected chi connectivity index (χ0v) is 9.99. The average molecular weight is 159 g/mol. The Labute approximate surface area is 68.0 Å². The maximum atomic E-state index is 3.57. The van der Waals surface area contributed by atoms with Crippen LogP contribution in [-0.2, 0) is 0 Å². The van der Waals surface area contributed by atoms with Gasteiger partial charge in [-0.05, 0) is 18.9 Å². The van der Waals surface area contributed by atoms with Gasteiger partial charge in [0, 0.05) is 15.4 Å². The quantitative estimate of drug-likeness (QED) is 0.596. The van der Waals surface area contributed by atoms with E-state index in [4.69, 9.17) is 0 Å². The predicted octanol–water partition coefficient (Wildman–Crippen LogP) is 0.724. The van der Waals surface area contributed by atoms with Crippen LogP contribution in [0.25, 0.3) is 0 Å². The monoisotopic (exact) mass is 159 g/mol. The zero-order valence-electron chi connectivity index (χ0n) is 7.99. The molecule has 0 heterocycles. The molecule has 1 unspecified atom stereocenters. The lowest BCUT2D eigenvalue weighted by Gasteiger charge is -2.33. The number of rotatable bonds is 4. The maximum Gasteiger partial charge on any atom is 0.0284 e. The molecule has 10 heavy (non-hydrogen) atoms. The SMILES string of the molecule is CCNC([SiH3])(CC)C(C)C. The fourth-order valence-corrected chi connectivity index (χ4v) is 1.49. The summed E-state index contributed by atoms with van der Waals surface area (Å²) in [7, 11) is 1.25. The normalized spacial score (nSPS) is 17.7. The molecule has 2 heteroatoms. The van der Waals surface area contributed by atoms with Crippen LogP contribution < -0.4 is 5.32 Å². The van der Waals surface area contributed by atoms with Gasteiger partial charge in [0.1, 0.15) is 0 Å². The fraction of sp³-hybridized carbons (Fsp3) is 1.00. The first kappa shape index (κ1) is 10.2. The van der Waals surface area contributed by atoms with Gasteiger partial charge in [0.15, 0.2) is 0 Å². The minimum absolute atomic E-state index is 0.481. The van der Waals surface area contributed by atoms with Gasteiger partial charge < -0.3 is 5.32 Å². The van der Waals surface area contributed by atoms with Gasteiger partial charge in [0.2, 0.25) is 0 Å². The Hall–Kier alpha value is 0.177. The second kappa shape index (κ2) is 4.14. The Bertz CT molecular complexity index is 93.3. The van der Waals surface area contributed by atoms with Crippen molar-refractivity contribution in [1.29, 1.82) is 0 Å². The molecule has 0 aromatic carbocycles. The van der Waals surface area contributed by atoms with E-state index in [1.807, 2.05) is 0 Å². The highest BCUT2D eigenvalue weighted by molar-refractivity contribution is 6.15. The summed E-state index contributed by atoms with van der Waals surface area (Å²) < 4.78 is 0. The molecule has 0 bridgehead atoms. The molecule has 0 spiro atoms. The minimum Gasteiger partial charge on any atom is -0.315 e. The van der Waals surface area contributed by atoms with E-state index in [0.29, 0.717) is 5.16 Å². The van der Waals surface area contributed by atoms with E-state index >= 15 is 0 Å². The van der Waals surface area contributed by atoms with Crippen molar-refractivity contribution in [2.45, 2.75) is 39.3 Å². The lowest BCUT2D eigenvalue weighted by Crippen LogP contribution is -2.49. The van der Waals surface area contributed by atoms with Crippen molar-refractivity contribution in [2.24, 2.45) is 5.92 Å². The van der Waals surface area contributed by atoms with E-state index in [2.05, 4.69) is 33.0 Å². The molecule has 1 atom stereocenters. The molecule has 62 valence electrons. The van der Waals surface area contributed by atoms with Crippen molar-refractivity contribution < 1.29 is 0 Å². The summed E-state index contributed by atoms with van der Waals surface area (Å²) in [5.74, 6) is 0.782. The molecule has 0 aromatic heterocycles. The van der Waals surface area contributed by atoms with Gasteiger partial charge in [0.05, 0.1) is 0 Å². The Balaban J connectivity index is 3.94. The molecule has 0 aliphatic rings. The van der Waals surface area contributed by atoms with Crippen molar-refractivity contribution >= 4 is 10.2 Å². The summed E-state index contributed by atoms with van der Waals surface area (Å²) in [5.41, 5.74) is 0. The molecule has 0 saturated carbocycles. The summed E-state index contributed by atoms with van der Waals surface area (Å²) in [6.07, 6.45) is 1.27. The molecule has 0 amide bonds. The summed E-state index contributed by atoms with van der Waals surface area (Å²) in [5, 5.41) is 4.05. The van der Waals surface area contributed by atoms with Crippen LogP contribution in [0, 0.1) is 5.92 Å². The van der Waals surface area contributed by atoms with E-state index in [-0.39, 0.29) is 0 Å². The van der Waals surface area contributed by atoms with E-state index < -0.39 is 0 Å². The highest BCUT2D eigenvalue weighted by atomic mass is 28.1. The lowest BCUT2D eigenvalue weighted by molar-refractivity contribution is 0.343. The third kappa shape index (κ3) is 2.43. The van der Waals surface area contributed by atoms with E-state index in [9.17, 15) is 0 Å². The molecule has 0 aliphatic heterocycles. The Kier molecular flexibility index (Phi) is 4.21. The van der Waals surface area contributed by atoms with Crippen LogP contribution >= 0.6 is 0 Å². The molecule has 0 fully saturated rings. The van der Waals surface area contributed by atoms with Crippen LogP contribution in [0.15, 0.2) is 0 Å². The van der Waals surface area contributed by atoms with Crippen molar-refractivity contribution in [2.75, 3.05) is 6.54 Å². The van der Waals surface area contributed by atoms with Crippen molar-refractivity contribution in [3.8, 4) is 0 Å². The lowest BCUT2D eigenvalue weighted by atomic mass is 10.0. The van der Waals surface area contributed by atoms with E-state index in [1.54, 1.807) is 0 Å². The molecule has 0 radical (unpaired) electrons. The van der Waals surface area contributed by atoms with Gasteiger partial charge in [-0.15, -0.1) is 0 Å². The maximum absolute atomic E-state index is 3.57. The highest BCUT2D eigenvalue weighted by Crippen LogP contribution is 2.16. The average Bonchev–Trinajstić information content (AvgIpc) is 1.88. The van der Waals surface area contributed by atoms with Gasteiger partial charge in [-0.2, -0.15) is 0 Å². The van der Waals surface area contributed by atoms with Crippen molar-refractivity contribution in [3.63, 3.8) is 0 Å². The molecular formula is C8H21NSi. The number of hydrogen-bond acceptors (Lipinski definition) is 1. The van der Waals surface area contributed by atoms with Crippen molar-refractivity contribution in [1.82, 2.24) is 5.32 Å². The first-order valence-corrected chi connectivity index (χ1v) is 5.31. The first-order valence-electron chi connectivity index (χ1n) is 4.31. The van der Waals surface area contributed by atoms with Crippen LogP contribution in [0.2, 0.25) is 0 Å². The van der Waals surface area contributed by atoms with E-state index in [0.717, 1.165) is 12.5 Å². The molecule has 0 saturated heterocycles. The van der Waals surface area contributed by atoms with Crippen LogP contribution in [0.5, 0.6) is 0 Å². The van der Waals surface area contributed by atoms with Crippen LogP contribution in [0.4, 0.5) is 0 Å². The zero-order chi connectivity index (χ0) is 8.20.